The van der Waals surface area contributed by atoms with E-state index in [1.807, 2.05) is 6.08 Å². The highest BCUT2D eigenvalue weighted by Gasteiger charge is 2.49. The molecule has 0 saturated carbocycles. The molecule has 0 spiro atoms. The van der Waals surface area contributed by atoms with Gasteiger partial charge in [-0.1, -0.05) is 26.0 Å². The van der Waals surface area contributed by atoms with E-state index in [0.29, 0.717) is 12.1 Å². The molecule has 2 aliphatic rings. The van der Waals surface area contributed by atoms with E-state index in [0.717, 1.165) is 18.5 Å². The lowest BCUT2D eigenvalue weighted by atomic mass is 9.85. The average molecular weight is 424 g/mol. The lowest BCUT2D eigenvalue weighted by Gasteiger charge is -2.35. The average Bonchev–Trinajstić information content (AvgIpc) is 3.26. The fraction of sp³-hybridized carbons (Fsp3) is 0.682. The van der Waals surface area contributed by atoms with Gasteiger partial charge in [0, 0.05) is 25.6 Å². The molecule has 1 N–H and O–H groups in total. The number of fused-ring (bicyclic) bond motifs is 1. The smallest absolute Gasteiger partial charge is 0.342 e. The fourth-order valence-corrected chi connectivity index (χ4v) is 3.94. The molecule has 0 amide bonds. The number of rotatable bonds is 8. The summed E-state index contributed by atoms with van der Waals surface area (Å²) in [5.41, 5.74) is -0.768. The maximum absolute atomic E-state index is 12.9. The Labute approximate surface area is 177 Å². The molecule has 4 unspecified atom stereocenters. The van der Waals surface area contributed by atoms with Crippen LogP contribution in [0.5, 0.6) is 0 Å². The lowest BCUT2D eigenvalue weighted by molar-refractivity contribution is -0.191. The van der Waals surface area contributed by atoms with Crippen molar-refractivity contribution in [1.82, 2.24) is 4.90 Å². The van der Waals surface area contributed by atoms with E-state index < -0.39 is 29.6 Å². The summed E-state index contributed by atoms with van der Waals surface area (Å²) in [6.45, 7) is 11.0. The Hall–Kier alpha value is -2.19. The number of carbonyl (C=O) groups excluding carboxylic acids is 3. The lowest BCUT2D eigenvalue weighted by Crippen LogP contribution is -2.55. The Morgan fingerprint density at radius 1 is 1.30 bits per heavy atom. The van der Waals surface area contributed by atoms with E-state index in [9.17, 15) is 19.5 Å². The van der Waals surface area contributed by atoms with Crippen molar-refractivity contribution in [2.24, 2.45) is 5.92 Å². The van der Waals surface area contributed by atoms with E-state index in [4.69, 9.17) is 14.2 Å². The molecule has 8 heteroatoms. The van der Waals surface area contributed by atoms with Gasteiger partial charge in [0.1, 0.15) is 18.8 Å². The van der Waals surface area contributed by atoms with Crippen molar-refractivity contribution in [2.75, 3.05) is 19.7 Å². The van der Waals surface area contributed by atoms with Gasteiger partial charge in [0.25, 0.3) is 0 Å². The largest absolute Gasteiger partial charge is 0.460 e. The first-order valence-electron chi connectivity index (χ1n) is 10.4. The standard InChI is InChI=1S/C22H33NO7/c1-7-14(4)20(25)29-15(5)22(27,13(2)3)21(26)28-12-17-8-10-23-11-9-18(19(17)23)30-16(6)24/h7-8,13,15,18-19,27H,9-12H2,1-6H3/b14-7+. The van der Waals surface area contributed by atoms with Crippen LogP contribution in [0.25, 0.3) is 0 Å². The van der Waals surface area contributed by atoms with Crippen LogP contribution in [0.4, 0.5) is 0 Å². The summed E-state index contributed by atoms with van der Waals surface area (Å²) in [5, 5.41) is 11.1. The molecule has 2 heterocycles. The van der Waals surface area contributed by atoms with Crippen molar-refractivity contribution in [3.05, 3.63) is 23.3 Å². The quantitative estimate of drug-likeness (QED) is 0.273. The first-order valence-corrected chi connectivity index (χ1v) is 10.4. The predicted octanol–water partition coefficient (Wildman–Crippen LogP) is 1.76. The Morgan fingerprint density at radius 3 is 2.53 bits per heavy atom. The van der Waals surface area contributed by atoms with E-state index in [-0.39, 0.29) is 24.7 Å². The number of allylic oxidation sites excluding steroid dienone is 1. The van der Waals surface area contributed by atoms with Crippen LogP contribution in [0.15, 0.2) is 23.3 Å². The van der Waals surface area contributed by atoms with Gasteiger partial charge in [0.2, 0.25) is 5.60 Å². The summed E-state index contributed by atoms with van der Waals surface area (Å²) in [6.07, 6.45) is 2.91. The molecule has 0 aromatic heterocycles. The molecule has 168 valence electrons. The van der Waals surface area contributed by atoms with Gasteiger partial charge in [0.15, 0.2) is 0 Å². The van der Waals surface area contributed by atoms with Crippen molar-refractivity contribution in [3.8, 4) is 0 Å². The van der Waals surface area contributed by atoms with E-state index in [2.05, 4.69) is 4.90 Å². The van der Waals surface area contributed by atoms with Gasteiger partial charge in [-0.3, -0.25) is 9.69 Å². The first kappa shape index (κ1) is 24.1. The van der Waals surface area contributed by atoms with Crippen LogP contribution in [-0.2, 0) is 28.6 Å². The van der Waals surface area contributed by atoms with Gasteiger partial charge in [-0.15, -0.1) is 0 Å². The maximum Gasteiger partial charge on any atom is 0.342 e. The Kier molecular flexibility index (Phi) is 7.82. The number of hydrogen-bond donors (Lipinski definition) is 1. The number of carbonyl (C=O) groups is 3. The molecule has 2 rings (SSSR count). The summed E-state index contributed by atoms with van der Waals surface area (Å²) in [6, 6.07) is -0.124. The van der Waals surface area contributed by atoms with Gasteiger partial charge in [0.05, 0.1) is 6.04 Å². The minimum atomic E-state index is -1.99. The molecule has 0 aliphatic carbocycles. The second-order valence-electron chi connectivity index (χ2n) is 8.23. The highest BCUT2D eigenvalue weighted by Crippen LogP contribution is 2.32. The minimum absolute atomic E-state index is 0.0264. The van der Waals surface area contributed by atoms with Crippen LogP contribution < -0.4 is 0 Å². The van der Waals surface area contributed by atoms with Crippen LogP contribution in [0.2, 0.25) is 0 Å². The molecule has 1 saturated heterocycles. The third kappa shape index (κ3) is 4.92. The predicted molar refractivity (Wildman–Crippen MR) is 109 cm³/mol. The van der Waals surface area contributed by atoms with Gasteiger partial charge in [-0.05, 0) is 38.7 Å². The summed E-state index contributed by atoms with van der Waals surface area (Å²) in [7, 11) is 0. The number of aliphatic hydroxyl groups is 1. The molecule has 0 aromatic rings. The molecule has 2 aliphatic heterocycles. The molecule has 0 bridgehead atoms. The first-order chi connectivity index (χ1) is 14.0. The molecule has 1 fully saturated rings. The Balaban J connectivity index is 2.06. The molecule has 4 atom stereocenters. The summed E-state index contributed by atoms with van der Waals surface area (Å²) in [5.74, 6) is -2.34. The summed E-state index contributed by atoms with van der Waals surface area (Å²) in [4.78, 5) is 38.5. The Bertz CT molecular complexity index is 742. The number of esters is 3. The van der Waals surface area contributed by atoms with Gasteiger partial charge in [-0.25, -0.2) is 9.59 Å². The maximum atomic E-state index is 12.9. The molecular formula is C22H33NO7. The summed E-state index contributed by atoms with van der Waals surface area (Å²) < 4.78 is 16.2. The van der Waals surface area contributed by atoms with Crippen LogP contribution >= 0.6 is 0 Å². The van der Waals surface area contributed by atoms with Crippen molar-refractivity contribution >= 4 is 17.9 Å². The minimum Gasteiger partial charge on any atom is -0.460 e. The zero-order valence-corrected chi connectivity index (χ0v) is 18.6. The second kappa shape index (κ2) is 9.75. The van der Waals surface area contributed by atoms with E-state index in [1.54, 1.807) is 33.8 Å². The second-order valence-corrected chi connectivity index (χ2v) is 8.23. The van der Waals surface area contributed by atoms with Crippen molar-refractivity contribution in [1.29, 1.82) is 0 Å². The topological polar surface area (TPSA) is 102 Å². The molecule has 0 radical (unpaired) electrons. The van der Waals surface area contributed by atoms with Crippen LogP contribution in [0.3, 0.4) is 0 Å². The normalized spacial score (nSPS) is 24.7. The highest BCUT2D eigenvalue weighted by molar-refractivity contribution is 5.88. The molecule has 0 aromatic carbocycles. The van der Waals surface area contributed by atoms with Crippen LogP contribution in [0.1, 0.15) is 48.0 Å². The number of nitrogens with zero attached hydrogens (tertiary/aromatic N) is 1. The summed E-state index contributed by atoms with van der Waals surface area (Å²) >= 11 is 0. The van der Waals surface area contributed by atoms with Crippen molar-refractivity contribution in [3.63, 3.8) is 0 Å². The van der Waals surface area contributed by atoms with Gasteiger partial charge < -0.3 is 19.3 Å². The van der Waals surface area contributed by atoms with Crippen molar-refractivity contribution < 1.29 is 33.7 Å². The van der Waals surface area contributed by atoms with Crippen LogP contribution in [-0.4, -0.2) is 71.5 Å². The third-order valence-corrected chi connectivity index (χ3v) is 5.97. The van der Waals surface area contributed by atoms with Crippen molar-refractivity contribution in [2.45, 2.75) is 71.8 Å². The Morgan fingerprint density at radius 2 is 1.97 bits per heavy atom. The van der Waals surface area contributed by atoms with Gasteiger partial charge >= 0.3 is 17.9 Å². The van der Waals surface area contributed by atoms with E-state index in [1.165, 1.54) is 13.8 Å². The number of hydrogen-bond acceptors (Lipinski definition) is 8. The molecule has 8 nitrogen and oxygen atoms in total. The van der Waals surface area contributed by atoms with Crippen LogP contribution in [0, 0.1) is 5.92 Å². The molecular weight excluding hydrogens is 390 g/mol. The molecule has 30 heavy (non-hydrogen) atoms. The van der Waals surface area contributed by atoms with E-state index >= 15 is 0 Å². The fourth-order valence-electron chi connectivity index (χ4n) is 3.94. The van der Waals surface area contributed by atoms with Gasteiger partial charge in [-0.2, -0.15) is 0 Å². The number of ether oxygens (including phenoxy) is 3. The third-order valence-electron chi connectivity index (χ3n) is 5.97. The highest BCUT2D eigenvalue weighted by atomic mass is 16.6. The zero-order valence-electron chi connectivity index (χ0n) is 18.6. The zero-order chi connectivity index (χ0) is 22.6. The monoisotopic (exact) mass is 423 g/mol. The SMILES string of the molecule is C/C=C(\C)C(=O)OC(C)C(O)(C(=O)OCC1=CCN2CCC(OC(C)=O)C12)C(C)C.